The summed E-state index contributed by atoms with van der Waals surface area (Å²) in [6.07, 6.45) is 5.97. The van der Waals surface area contributed by atoms with E-state index in [0.29, 0.717) is 23.6 Å². The second-order valence-corrected chi connectivity index (χ2v) is 10.4. The zero-order valence-corrected chi connectivity index (χ0v) is 20.3. The topological polar surface area (TPSA) is 38.8 Å². The van der Waals surface area contributed by atoms with Crippen LogP contribution in [0.3, 0.4) is 0 Å². The first-order valence-corrected chi connectivity index (χ1v) is 11.9. The van der Waals surface area contributed by atoms with Crippen molar-refractivity contribution in [2.45, 2.75) is 51.0 Å². The molecule has 2 aromatic rings. The van der Waals surface area contributed by atoms with Crippen LogP contribution in [0.2, 0.25) is 5.02 Å². The molecule has 0 aliphatic carbocycles. The van der Waals surface area contributed by atoms with Crippen LogP contribution in [0.25, 0.3) is 12.2 Å². The number of carbonyl (C=O) groups is 1. The van der Waals surface area contributed by atoms with E-state index < -0.39 is 5.60 Å². The van der Waals surface area contributed by atoms with Crippen molar-refractivity contribution < 1.29 is 18.7 Å². The van der Waals surface area contributed by atoms with Gasteiger partial charge in [-0.2, -0.15) is 0 Å². The Labute approximate surface area is 200 Å². The summed E-state index contributed by atoms with van der Waals surface area (Å²) < 4.78 is 25.5. The van der Waals surface area contributed by atoms with Crippen molar-refractivity contribution in [1.82, 2.24) is 4.90 Å². The van der Waals surface area contributed by atoms with Crippen LogP contribution in [0.15, 0.2) is 36.4 Å². The quantitative estimate of drug-likeness (QED) is 0.389. The van der Waals surface area contributed by atoms with Gasteiger partial charge in [-0.3, -0.25) is 4.79 Å². The van der Waals surface area contributed by atoms with Crippen molar-refractivity contribution in [1.29, 1.82) is 0 Å². The third-order valence-electron chi connectivity index (χ3n) is 6.39. The highest BCUT2D eigenvalue weighted by Crippen LogP contribution is 2.46. The first-order valence-electron chi connectivity index (χ1n) is 11.5. The predicted molar refractivity (Wildman–Crippen MR) is 130 cm³/mol. The maximum atomic E-state index is 14.0. The molecule has 1 fully saturated rings. The SMILES string of the molecule is CC(C)(C)OC(=O)CCN1CCC2(CC1)COc1cc(C=Cc3c(F)cccc3Cl)ccc12. The Morgan fingerprint density at radius 1 is 1.21 bits per heavy atom. The Morgan fingerprint density at radius 3 is 2.67 bits per heavy atom. The molecule has 1 spiro atoms. The number of carbonyl (C=O) groups excluding carboxylic acids is 1. The van der Waals surface area contributed by atoms with Gasteiger partial charge in [-0.25, -0.2) is 4.39 Å². The van der Waals surface area contributed by atoms with Crippen LogP contribution in [0, 0.1) is 5.82 Å². The van der Waals surface area contributed by atoms with Crippen LogP contribution in [0.4, 0.5) is 4.39 Å². The highest BCUT2D eigenvalue weighted by Gasteiger charge is 2.43. The van der Waals surface area contributed by atoms with E-state index in [2.05, 4.69) is 17.0 Å². The summed E-state index contributed by atoms with van der Waals surface area (Å²) in [6.45, 7) is 8.93. The summed E-state index contributed by atoms with van der Waals surface area (Å²) in [5.41, 5.74) is 2.16. The number of benzene rings is 2. The Morgan fingerprint density at radius 2 is 1.97 bits per heavy atom. The monoisotopic (exact) mass is 471 g/mol. The number of ether oxygens (including phenoxy) is 2. The molecule has 0 bridgehead atoms. The number of piperidine rings is 1. The molecule has 176 valence electrons. The molecule has 6 heteroatoms. The van der Waals surface area contributed by atoms with E-state index in [-0.39, 0.29) is 17.2 Å². The summed E-state index contributed by atoms with van der Waals surface area (Å²) in [5, 5.41) is 0.390. The number of hydrogen-bond acceptors (Lipinski definition) is 4. The van der Waals surface area contributed by atoms with Crippen molar-refractivity contribution in [2.24, 2.45) is 0 Å². The molecule has 2 aromatic carbocycles. The molecule has 0 radical (unpaired) electrons. The maximum Gasteiger partial charge on any atom is 0.307 e. The predicted octanol–water partition coefficient (Wildman–Crippen LogP) is 6.11. The first kappa shape index (κ1) is 23.8. The summed E-state index contributed by atoms with van der Waals surface area (Å²) in [7, 11) is 0. The number of fused-ring (bicyclic) bond motifs is 2. The fraction of sp³-hybridized carbons (Fsp3) is 0.444. The van der Waals surface area contributed by atoms with Gasteiger partial charge >= 0.3 is 5.97 Å². The zero-order valence-electron chi connectivity index (χ0n) is 19.5. The van der Waals surface area contributed by atoms with Crippen LogP contribution in [0.1, 0.15) is 56.7 Å². The number of hydrogen-bond donors (Lipinski definition) is 0. The molecule has 0 unspecified atom stereocenters. The average molecular weight is 472 g/mol. The summed E-state index contributed by atoms with van der Waals surface area (Å²) >= 11 is 6.12. The van der Waals surface area contributed by atoms with Crippen LogP contribution in [-0.2, 0) is 14.9 Å². The molecule has 0 N–H and O–H groups in total. The van der Waals surface area contributed by atoms with Gasteiger partial charge in [-0.05, 0) is 76.5 Å². The minimum absolute atomic E-state index is 0.0227. The standard InChI is InChI=1S/C27H31ClFNO3/c1-26(2,3)33-25(31)11-14-30-15-12-27(13-16-30)18-32-24-17-19(8-10-21(24)27)7-9-20-22(28)5-4-6-23(20)29/h4-10,17H,11-16,18H2,1-3H3. The van der Waals surface area contributed by atoms with E-state index in [0.717, 1.165) is 43.8 Å². The molecule has 0 saturated carbocycles. The van der Waals surface area contributed by atoms with E-state index in [9.17, 15) is 9.18 Å². The fourth-order valence-corrected chi connectivity index (χ4v) is 4.83. The Kier molecular flexibility index (Phi) is 6.83. The van der Waals surface area contributed by atoms with Gasteiger partial charge in [0, 0.05) is 23.1 Å². The molecule has 33 heavy (non-hydrogen) atoms. The van der Waals surface area contributed by atoms with Crippen LogP contribution in [-0.4, -0.2) is 42.7 Å². The van der Waals surface area contributed by atoms with Crippen molar-refractivity contribution in [2.75, 3.05) is 26.2 Å². The Bertz CT molecular complexity index is 1030. The minimum Gasteiger partial charge on any atom is -0.492 e. The second kappa shape index (κ2) is 9.47. The second-order valence-electron chi connectivity index (χ2n) is 9.97. The normalized spacial score (nSPS) is 17.8. The maximum absolute atomic E-state index is 14.0. The number of rotatable bonds is 5. The number of nitrogens with zero attached hydrogens (tertiary/aromatic N) is 1. The van der Waals surface area contributed by atoms with Gasteiger partial charge in [0.15, 0.2) is 0 Å². The molecule has 2 aliphatic rings. The zero-order chi connectivity index (χ0) is 23.6. The summed E-state index contributed by atoms with van der Waals surface area (Å²) in [4.78, 5) is 14.4. The van der Waals surface area contributed by atoms with E-state index in [1.165, 1.54) is 11.6 Å². The van der Waals surface area contributed by atoms with Gasteiger partial charge in [0.05, 0.1) is 18.1 Å². The molecule has 2 aliphatic heterocycles. The molecule has 0 amide bonds. The van der Waals surface area contributed by atoms with Gasteiger partial charge in [-0.15, -0.1) is 0 Å². The molecule has 4 rings (SSSR count). The van der Waals surface area contributed by atoms with Crippen LogP contribution < -0.4 is 4.74 Å². The van der Waals surface area contributed by atoms with Crippen molar-refractivity contribution in [3.8, 4) is 5.75 Å². The van der Waals surface area contributed by atoms with Gasteiger partial charge in [0.25, 0.3) is 0 Å². The largest absolute Gasteiger partial charge is 0.492 e. The van der Waals surface area contributed by atoms with Gasteiger partial charge in [0.1, 0.15) is 17.2 Å². The highest BCUT2D eigenvalue weighted by atomic mass is 35.5. The van der Waals surface area contributed by atoms with E-state index in [1.807, 2.05) is 32.9 Å². The van der Waals surface area contributed by atoms with Gasteiger partial charge < -0.3 is 14.4 Å². The van der Waals surface area contributed by atoms with Crippen molar-refractivity contribution in [3.63, 3.8) is 0 Å². The van der Waals surface area contributed by atoms with Crippen molar-refractivity contribution >= 4 is 29.7 Å². The Balaban J connectivity index is 1.37. The van der Waals surface area contributed by atoms with Crippen LogP contribution in [0.5, 0.6) is 5.75 Å². The average Bonchev–Trinajstić information content (AvgIpc) is 3.09. The minimum atomic E-state index is -0.441. The van der Waals surface area contributed by atoms with Crippen molar-refractivity contribution in [3.05, 3.63) is 63.9 Å². The van der Waals surface area contributed by atoms with E-state index >= 15 is 0 Å². The summed E-state index contributed by atoms with van der Waals surface area (Å²) in [6, 6.07) is 10.9. The van der Waals surface area contributed by atoms with Gasteiger partial charge in [0.2, 0.25) is 0 Å². The fourth-order valence-electron chi connectivity index (χ4n) is 4.60. The molecule has 4 nitrogen and oxygen atoms in total. The lowest BCUT2D eigenvalue weighted by molar-refractivity contribution is -0.155. The molecule has 0 aromatic heterocycles. The lowest BCUT2D eigenvalue weighted by Crippen LogP contribution is -2.44. The molecular weight excluding hydrogens is 441 g/mol. The number of halogens is 2. The van der Waals surface area contributed by atoms with E-state index in [1.54, 1.807) is 18.2 Å². The lowest BCUT2D eigenvalue weighted by Gasteiger charge is -2.38. The third-order valence-corrected chi connectivity index (χ3v) is 6.72. The highest BCUT2D eigenvalue weighted by molar-refractivity contribution is 6.32. The number of likely N-dealkylation sites (tertiary alicyclic amines) is 1. The smallest absolute Gasteiger partial charge is 0.307 e. The number of esters is 1. The molecule has 1 saturated heterocycles. The Hall–Kier alpha value is -2.37. The van der Waals surface area contributed by atoms with Gasteiger partial charge in [-0.1, -0.05) is 35.9 Å². The third kappa shape index (κ3) is 5.59. The summed E-state index contributed by atoms with van der Waals surface area (Å²) in [5.74, 6) is 0.419. The molecular formula is C27H31ClFNO3. The van der Waals surface area contributed by atoms with E-state index in [4.69, 9.17) is 21.1 Å². The lowest BCUT2D eigenvalue weighted by atomic mass is 9.74. The molecule has 2 heterocycles. The van der Waals surface area contributed by atoms with Crippen LogP contribution >= 0.6 is 11.6 Å². The first-order chi connectivity index (χ1) is 15.7. The molecule has 0 atom stereocenters.